The lowest BCUT2D eigenvalue weighted by Gasteiger charge is -2.18. The molecule has 1 atom stereocenters. The van der Waals surface area contributed by atoms with Crippen LogP contribution < -0.4 is 9.64 Å². The molecular formula is C29H30BrN3O2. The lowest BCUT2D eigenvalue weighted by molar-refractivity contribution is -0.117. The number of benzene rings is 3. The summed E-state index contributed by atoms with van der Waals surface area (Å²) in [7, 11) is 0. The molecule has 6 heteroatoms. The highest BCUT2D eigenvalue weighted by Gasteiger charge is 2.34. The van der Waals surface area contributed by atoms with E-state index in [9.17, 15) is 4.79 Å². The van der Waals surface area contributed by atoms with Gasteiger partial charge in [0.1, 0.15) is 11.6 Å². The summed E-state index contributed by atoms with van der Waals surface area (Å²) in [4.78, 5) is 19.8. The van der Waals surface area contributed by atoms with Gasteiger partial charge in [-0.3, -0.25) is 4.79 Å². The Morgan fingerprint density at radius 1 is 1.03 bits per heavy atom. The lowest BCUT2D eigenvalue weighted by atomic mass is 10.0. The minimum absolute atomic E-state index is 0.0566. The molecule has 5 nitrogen and oxygen atoms in total. The molecule has 0 saturated carbocycles. The summed E-state index contributed by atoms with van der Waals surface area (Å²) in [6.45, 7) is 6.44. The van der Waals surface area contributed by atoms with E-state index in [4.69, 9.17) is 9.72 Å². The number of ether oxygens (including phenoxy) is 1. The van der Waals surface area contributed by atoms with Crippen molar-refractivity contribution in [3.05, 3.63) is 88.7 Å². The number of carbonyl (C=O) groups excluding carboxylic acids is 1. The van der Waals surface area contributed by atoms with Crippen molar-refractivity contribution in [3.63, 3.8) is 0 Å². The number of anilines is 1. The number of aryl methyl sites for hydroxylation is 1. The number of imidazole rings is 1. The topological polar surface area (TPSA) is 47.4 Å². The Hall–Kier alpha value is -3.12. The molecule has 1 aromatic heterocycles. The fourth-order valence-electron chi connectivity index (χ4n) is 4.89. The maximum atomic E-state index is 12.9. The molecule has 0 spiro atoms. The Balaban J connectivity index is 1.34. The molecule has 5 rings (SSSR count). The summed E-state index contributed by atoms with van der Waals surface area (Å²) >= 11 is 3.48. The molecule has 1 saturated heterocycles. The first-order valence-corrected chi connectivity index (χ1v) is 13.0. The first kappa shape index (κ1) is 23.6. The maximum absolute atomic E-state index is 12.9. The summed E-state index contributed by atoms with van der Waals surface area (Å²) in [5.41, 5.74) is 4.25. The van der Waals surface area contributed by atoms with E-state index in [2.05, 4.69) is 52.5 Å². The number of hydrogen-bond acceptors (Lipinski definition) is 3. The molecule has 1 unspecified atom stereocenters. The SMILES string of the molecule is CC(C)c1ccccc1OCCCn1c(C2CC(=O)N(c3ccc(Br)cc3)C2)nc2ccccc21. The minimum Gasteiger partial charge on any atom is -0.493 e. The van der Waals surface area contributed by atoms with Gasteiger partial charge in [0.05, 0.1) is 17.6 Å². The first-order valence-electron chi connectivity index (χ1n) is 12.2. The van der Waals surface area contributed by atoms with Crippen molar-refractivity contribution in [2.75, 3.05) is 18.1 Å². The Morgan fingerprint density at radius 2 is 1.77 bits per heavy atom. The molecule has 1 aliphatic rings. The standard InChI is InChI=1S/C29H30BrN3O2/c1-20(2)24-8-3-6-11-27(24)35-17-7-16-32-26-10-5-4-9-25(26)31-29(32)21-18-28(34)33(19-21)23-14-12-22(30)13-15-23/h3-6,8-15,20-21H,7,16-19H2,1-2H3. The third-order valence-electron chi connectivity index (χ3n) is 6.64. The second-order valence-corrected chi connectivity index (χ2v) is 10.3. The second-order valence-electron chi connectivity index (χ2n) is 9.39. The van der Waals surface area contributed by atoms with E-state index in [0.717, 1.165) is 45.7 Å². The molecule has 0 radical (unpaired) electrons. The first-order chi connectivity index (χ1) is 17.0. The average molecular weight is 532 g/mol. The zero-order chi connectivity index (χ0) is 24.4. The van der Waals surface area contributed by atoms with E-state index in [-0.39, 0.29) is 11.8 Å². The van der Waals surface area contributed by atoms with Gasteiger partial charge in [0, 0.05) is 35.6 Å². The molecule has 1 aliphatic heterocycles. The van der Waals surface area contributed by atoms with Crippen LogP contribution in [0.5, 0.6) is 5.75 Å². The number of nitrogens with zero attached hydrogens (tertiary/aromatic N) is 3. The van der Waals surface area contributed by atoms with Crippen LogP contribution in [0.1, 0.15) is 49.9 Å². The molecule has 3 aromatic carbocycles. The number of halogens is 1. The summed E-state index contributed by atoms with van der Waals surface area (Å²) < 4.78 is 9.47. The van der Waals surface area contributed by atoms with Crippen molar-refractivity contribution in [3.8, 4) is 5.75 Å². The number of hydrogen-bond donors (Lipinski definition) is 0. The quantitative estimate of drug-likeness (QED) is 0.232. The average Bonchev–Trinajstić information content (AvgIpc) is 3.43. The van der Waals surface area contributed by atoms with Crippen molar-refractivity contribution in [2.45, 2.75) is 45.1 Å². The van der Waals surface area contributed by atoms with Gasteiger partial charge in [-0.25, -0.2) is 4.98 Å². The van der Waals surface area contributed by atoms with Crippen LogP contribution in [0.3, 0.4) is 0 Å². The highest BCUT2D eigenvalue weighted by Crippen LogP contribution is 2.34. The Labute approximate surface area is 214 Å². The molecule has 0 aliphatic carbocycles. The van der Waals surface area contributed by atoms with E-state index < -0.39 is 0 Å². The van der Waals surface area contributed by atoms with Crippen molar-refractivity contribution >= 4 is 38.6 Å². The number of aromatic nitrogens is 2. The largest absolute Gasteiger partial charge is 0.493 e. The van der Waals surface area contributed by atoms with E-state index in [1.165, 1.54) is 5.56 Å². The van der Waals surface area contributed by atoms with E-state index in [1.807, 2.05) is 59.5 Å². The number of fused-ring (bicyclic) bond motifs is 1. The zero-order valence-corrected chi connectivity index (χ0v) is 21.7. The molecule has 0 N–H and O–H groups in total. The minimum atomic E-state index is 0.0566. The Bertz CT molecular complexity index is 1330. The van der Waals surface area contributed by atoms with Crippen LogP contribution in [-0.2, 0) is 11.3 Å². The number of carbonyl (C=O) groups is 1. The normalized spacial score (nSPS) is 15.9. The highest BCUT2D eigenvalue weighted by molar-refractivity contribution is 9.10. The number of rotatable bonds is 8. The molecule has 2 heterocycles. The molecule has 0 bridgehead atoms. The van der Waals surface area contributed by atoms with Crippen LogP contribution >= 0.6 is 15.9 Å². The fourth-order valence-corrected chi connectivity index (χ4v) is 5.15. The van der Waals surface area contributed by atoms with Gasteiger partial charge >= 0.3 is 0 Å². The van der Waals surface area contributed by atoms with Crippen molar-refractivity contribution in [2.24, 2.45) is 0 Å². The lowest BCUT2D eigenvalue weighted by Crippen LogP contribution is -2.24. The van der Waals surface area contributed by atoms with E-state index in [0.29, 0.717) is 25.5 Å². The number of amides is 1. The van der Waals surface area contributed by atoms with Gasteiger partial charge in [0.15, 0.2) is 0 Å². The van der Waals surface area contributed by atoms with Gasteiger partial charge in [0.25, 0.3) is 0 Å². The second kappa shape index (κ2) is 10.2. The molecule has 35 heavy (non-hydrogen) atoms. The van der Waals surface area contributed by atoms with Crippen LogP contribution in [0.2, 0.25) is 0 Å². The van der Waals surface area contributed by atoms with E-state index in [1.54, 1.807) is 0 Å². The monoisotopic (exact) mass is 531 g/mol. The van der Waals surface area contributed by atoms with Gasteiger partial charge in [-0.1, -0.05) is 60.1 Å². The fraction of sp³-hybridized carbons (Fsp3) is 0.310. The Morgan fingerprint density at radius 3 is 2.57 bits per heavy atom. The molecule has 4 aromatic rings. The number of para-hydroxylation sites is 3. The van der Waals surface area contributed by atoms with Crippen LogP contribution in [0, 0.1) is 0 Å². The summed E-state index contributed by atoms with van der Waals surface area (Å²) in [5.74, 6) is 2.57. The van der Waals surface area contributed by atoms with Crippen molar-refractivity contribution < 1.29 is 9.53 Å². The van der Waals surface area contributed by atoms with Crippen LogP contribution in [0.4, 0.5) is 5.69 Å². The molecule has 1 amide bonds. The molecule has 180 valence electrons. The van der Waals surface area contributed by atoms with Crippen LogP contribution in [0.25, 0.3) is 11.0 Å². The van der Waals surface area contributed by atoms with Gasteiger partial charge in [-0.15, -0.1) is 0 Å². The predicted molar refractivity (Wildman–Crippen MR) is 144 cm³/mol. The van der Waals surface area contributed by atoms with Gasteiger partial charge in [-0.2, -0.15) is 0 Å². The molecule has 1 fully saturated rings. The zero-order valence-electron chi connectivity index (χ0n) is 20.2. The smallest absolute Gasteiger partial charge is 0.227 e. The van der Waals surface area contributed by atoms with Gasteiger partial charge in [-0.05, 0) is 60.4 Å². The summed E-state index contributed by atoms with van der Waals surface area (Å²) in [6, 6.07) is 24.4. The van der Waals surface area contributed by atoms with Crippen molar-refractivity contribution in [1.82, 2.24) is 9.55 Å². The third-order valence-corrected chi connectivity index (χ3v) is 7.17. The highest BCUT2D eigenvalue weighted by atomic mass is 79.9. The summed E-state index contributed by atoms with van der Waals surface area (Å²) in [5, 5.41) is 0. The molecular weight excluding hydrogens is 502 g/mol. The van der Waals surface area contributed by atoms with Crippen LogP contribution in [0.15, 0.2) is 77.3 Å². The van der Waals surface area contributed by atoms with Crippen LogP contribution in [-0.4, -0.2) is 28.6 Å². The van der Waals surface area contributed by atoms with Gasteiger partial charge < -0.3 is 14.2 Å². The van der Waals surface area contributed by atoms with Gasteiger partial charge in [0.2, 0.25) is 5.91 Å². The predicted octanol–water partition coefficient (Wildman–Crippen LogP) is 6.91. The van der Waals surface area contributed by atoms with Crippen molar-refractivity contribution in [1.29, 1.82) is 0 Å². The maximum Gasteiger partial charge on any atom is 0.227 e. The summed E-state index contributed by atoms with van der Waals surface area (Å²) in [6.07, 6.45) is 1.33. The third kappa shape index (κ3) is 4.98. The Kier molecular flexibility index (Phi) is 6.91. The van der Waals surface area contributed by atoms with E-state index >= 15 is 0 Å².